The van der Waals surface area contributed by atoms with Gasteiger partial charge >= 0.3 is 0 Å². The Hall–Kier alpha value is -0.510. The van der Waals surface area contributed by atoms with Crippen LogP contribution in [0.5, 0.6) is 0 Å². The molecule has 1 aliphatic heterocycles. The number of thioether (sulfide) groups is 1. The van der Waals surface area contributed by atoms with E-state index in [1.54, 1.807) is 0 Å². The maximum atomic E-state index is 3.69. The molecule has 2 unspecified atom stereocenters. The fourth-order valence-corrected chi connectivity index (χ4v) is 3.75. The molecule has 2 rings (SSSR count). The van der Waals surface area contributed by atoms with Gasteiger partial charge in [-0.05, 0) is 33.3 Å². The zero-order valence-electron chi connectivity index (χ0n) is 13.2. The summed E-state index contributed by atoms with van der Waals surface area (Å²) in [4.78, 5) is 2.67. The highest BCUT2D eigenvalue weighted by Crippen LogP contribution is 2.27. The lowest BCUT2D eigenvalue weighted by atomic mass is 10.0. The van der Waals surface area contributed by atoms with Crippen molar-refractivity contribution >= 4 is 11.8 Å². The van der Waals surface area contributed by atoms with E-state index in [0.717, 1.165) is 6.54 Å². The van der Waals surface area contributed by atoms with Gasteiger partial charge in [-0.15, -0.1) is 0 Å². The Balaban J connectivity index is 2.15. The molecule has 1 heterocycles. The van der Waals surface area contributed by atoms with E-state index in [2.05, 4.69) is 80.0 Å². The molecule has 20 heavy (non-hydrogen) atoms. The molecule has 2 atom stereocenters. The van der Waals surface area contributed by atoms with Crippen LogP contribution >= 0.6 is 11.8 Å². The van der Waals surface area contributed by atoms with Crippen LogP contribution in [-0.4, -0.2) is 41.1 Å². The molecule has 3 heteroatoms. The van der Waals surface area contributed by atoms with Gasteiger partial charge < -0.3 is 5.32 Å². The van der Waals surface area contributed by atoms with E-state index in [-0.39, 0.29) is 5.54 Å². The molecule has 1 aromatic carbocycles. The van der Waals surface area contributed by atoms with E-state index in [9.17, 15) is 0 Å². The molecule has 0 aliphatic carbocycles. The van der Waals surface area contributed by atoms with Crippen molar-refractivity contribution in [2.24, 2.45) is 0 Å². The van der Waals surface area contributed by atoms with Gasteiger partial charge in [-0.1, -0.05) is 30.3 Å². The van der Waals surface area contributed by atoms with Crippen LogP contribution in [0.4, 0.5) is 0 Å². The Bertz CT molecular complexity index is 399. The number of nitrogens with one attached hydrogen (secondary N) is 1. The van der Waals surface area contributed by atoms with Gasteiger partial charge in [0.2, 0.25) is 0 Å². The smallest absolute Gasteiger partial charge is 0.0476 e. The minimum absolute atomic E-state index is 0.167. The standard InChI is InChI=1S/C17H28N2S/c1-14-13-20-11-10-19(14)16(12-18-17(2,3)4)15-8-6-5-7-9-15/h5-9,14,16,18H,10-13H2,1-4H3. The van der Waals surface area contributed by atoms with Gasteiger partial charge in [0, 0.05) is 42.2 Å². The van der Waals surface area contributed by atoms with Crippen molar-refractivity contribution in [1.82, 2.24) is 10.2 Å². The van der Waals surface area contributed by atoms with E-state index in [1.807, 2.05) is 0 Å². The van der Waals surface area contributed by atoms with Crippen LogP contribution in [-0.2, 0) is 0 Å². The van der Waals surface area contributed by atoms with Gasteiger partial charge in [0.25, 0.3) is 0 Å². The van der Waals surface area contributed by atoms with E-state index in [0.29, 0.717) is 12.1 Å². The van der Waals surface area contributed by atoms with E-state index in [1.165, 1.54) is 23.6 Å². The molecule has 1 saturated heterocycles. The Morgan fingerprint density at radius 2 is 2.00 bits per heavy atom. The van der Waals surface area contributed by atoms with Gasteiger partial charge in [0.15, 0.2) is 0 Å². The third-order valence-electron chi connectivity index (χ3n) is 3.83. The quantitative estimate of drug-likeness (QED) is 0.913. The highest BCUT2D eigenvalue weighted by molar-refractivity contribution is 7.99. The Morgan fingerprint density at radius 3 is 2.60 bits per heavy atom. The SMILES string of the molecule is CC1CSCCN1C(CNC(C)(C)C)c1ccccc1. The summed E-state index contributed by atoms with van der Waals surface area (Å²) in [6.45, 7) is 11.3. The first-order valence-corrected chi connectivity index (χ1v) is 8.76. The van der Waals surface area contributed by atoms with Gasteiger partial charge in [-0.25, -0.2) is 0 Å². The normalized spacial score (nSPS) is 22.7. The van der Waals surface area contributed by atoms with E-state index in [4.69, 9.17) is 0 Å². The largest absolute Gasteiger partial charge is 0.310 e. The van der Waals surface area contributed by atoms with Crippen LogP contribution in [0.2, 0.25) is 0 Å². The molecule has 1 N–H and O–H groups in total. The van der Waals surface area contributed by atoms with Crippen molar-refractivity contribution in [2.75, 3.05) is 24.6 Å². The average Bonchev–Trinajstić information content (AvgIpc) is 2.41. The number of hydrogen-bond acceptors (Lipinski definition) is 3. The summed E-state index contributed by atoms with van der Waals surface area (Å²) in [7, 11) is 0. The van der Waals surface area contributed by atoms with Crippen molar-refractivity contribution in [3.05, 3.63) is 35.9 Å². The molecule has 112 valence electrons. The molecule has 2 nitrogen and oxygen atoms in total. The summed E-state index contributed by atoms with van der Waals surface area (Å²) in [5.41, 5.74) is 1.60. The summed E-state index contributed by atoms with van der Waals surface area (Å²) in [5, 5.41) is 3.69. The second kappa shape index (κ2) is 6.97. The first-order chi connectivity index (χ1) is 9.47. The number of nitrogens with zero attached hydrogens (tertiary/aromatic N) is 1. The Morgan fingerprint density at radius 1 is 1.30 bits per heavy atom. The lowest BCUT2D eigenvalue weighted by molar-refractivity contribution is 0.151. The predicted molar refractivity (Wildman–Crippen MR) is 90.4 cm³/mol. The fourth-order valence-electron chi connectivity index (χ4n) is 2.71. The molecule has 0 spiro atoms. The molecular formula is C17H28N2S. The van der Waals surface area contributed by atoms with Crippen LogP contribution in [0.3, 0.4) is 0 Å². The second-order valence-electron chi connectivity index (χ2n) is 6.72. The van der Waals surface area contributed by atoms with Crippen molar-refractivity contribution in [3.8, 4) is 0 Å². The van der Waals surface area contributed by atoms with Crippen molar-refractivity contribution in [2.45, 2.75) is 45.3 Å². The van der Waals surface area contributed by atoms with Gasteiger partial charge in [-0.3, -0.25) is 4.90 Å². The first-order valence-electron chi connectivity index (χ1n) is 7.61. The second-order valence-corrected chi connectivity index (χ2v) is 7.87. The lowest BCUT2D eigenvalue weighted by Crippen LogP contribution is -2.48. The minimum atomic E-state index is 0.167. The predicted octanol–water partition coefficient (Wildman–Crippen LogP) is 3.55. The molecule has 1 aliphatic rings. The maximum absolute atomic E-state index is 3.69. The zero-order valence-corrected chi connectivity index (χ0v) is 14.0. The minimum Gasteiger partial charge on any atom is -0.310 e. The topological polar surface area (TPSA) is 15.3 Å². The van der Waals surface area contributed by atoms with Crippen LogP contribution in [0, 0.1) is 0 Å². The molecule has 0 aromatic heterocycles. The van der Waals surface area contributed by atoms with Gasteiger partial charge in [-0.2, -0.15) is 11.8 Å². The molecule has 0 bridgehead atoms. The van der Waals surface area contributed by atoms with Crippen molar-refractivity contribution in [3.63, 3.8) is 0 Å². The highest BCUT2D eigenvalue weighted by Gasteiger charge is 2.28. The summed E-state index contributed by atoms with van der Waals surface area (Å²) in [5.74, 6) is 2.50. The number of hydrogen-bond donors (Lipinski definition) is 1. The van der Waals surface area contributed by atoms with E-state index >= 15 is 0 Å². The molecule has 0 radical (unpaired) electrons. The third kappa shape index (κ3) is 4.51. The van der Waals surface area contributed by atoms with Crippen molar-refractivity contribution in [1.29, 1.82) is 0 Å². The Labute approximate surface area is 128 Å². The van der Waals surface area contributed by atoms with Gasteiger partial charge in [0.05, 0.1) is 0 Å². The summed E-state index contributed by atoms with van der Waals surface area (Å²) in [6, 6.07) is 12.1. The molecule has 0 amide bonds. The summed E-state index contributed by atoms with van der Waals surface area (Å²) >= 11 is 2.08. The third-order valence-corrected chi connectivity index (χ3v) is 5.02. The molecular weight excluding hydrogens is 264 g/mol. The number of rotatable bonds is 4. The van der Waals surface area contributed by atoms with Crippen LogP contribution in [0.25, 0.3) is 0 Å². The highest BCUT2D eigenvalue weighted by atomic mass is 32.2. The number of benzene rings is 1. The average molecular weight is 292 g/mol. The monoisotopic (exact) mass is 292 g/mol. The van der Waals surface area contributed by atoms with E-state index < -0.39 is 0 Å². The van der Waals surface area contributed by atoms with Crippen molar-refractivity contribution < 1.29 is 0 Å². The lowest BCUT2D eigenvalue weighted by Gasteiger charge is -2.40. The molecule has 0 saturated carbocycles. The first kappa shape index (κ1) is 15.9. The zero-order chi connectivity index (χ0) is 14.6. The molecule has 1 fully saturated rings. The van der Waals surface area contributed by atoms with Crippen LogP contribution in [0.15, 0.2) is 30.3 Å². The summed E-state index contributed by atoms with van der Waals surface area (Å²) in [6.07, 6.45) is 0. The summed E-state index contributed by atoms with van der Waals surface area (Å²) < 4.78 is 0. The van der Waals surface area contributed by atoms with Crippen LogP contribution in [0.1, 0.15) is 39.3 Å². The molecule has 1 aromatic rings. The van der Waals surface area contributed by atoms with Gasteiger partial charge in [0.1, 0.15) is 0 Å². The Kier molecular flexibility index (Phi) is 5.53. The maximum Gasteiger partial charge on any atom is 0.0476 e. The van der Waals surface area contributed by atoms with Crippen LogP contribution < -0.4 is 5.32 Å². The fraction of sp³-hybridized carbons (Fsp3) is 0.647.